The first-order chi connectivity index (χ1) is 14.7. The van der Waals surface area contributed by atoms with E-state index in [1.165, 1.54) is 86.5 Å². The van der Waals surface area contributed by atoms with Crippen molar-refractivity contribution in [3.63, 3.8) is 0 Å². The Morgan fingerprint density at radius 1 is 0.833 bits per heavy atom. The average molecular weight is 403 g/mol. The van der Waals surface area contributed by atoms with Gasteiger partial charge in [-0.1, -0.05) is 108 Å². The Bertz CT molecular complexity index is 848. The second-order valence-electron chi connectivity index (χ2n) is 8.93. The van der Waals surface area contributed by atoms with Crippen LogP contribution in [-0.2, 0) is 5.41 Å². The minimum atomic E-state index is 0.0535. The maximum absolute atomic E-state index is 12.7. The normalized spacial score (nSPS) is 13.7. The van der Waals surface area contributed by atoms with Crippen molar-refractivity contribution in [1.82, 2.24) is 0 Å². The maximum atomic E-state index is 12.7. The van der Waals surface area contributed by atoms with Crippen molar-refractivity contribution >= 4 is 5.78 Å². The molecule has 30 heavy (non-hydrogen) atoms. The fraction of sp³-hybridized carbons (Fsp3) is 0.483. The predicted molar refractivity (Wildman–Crippen MR) is 129 cm³/mol. The summed E-state index contributed by atoms with van der Waals surface area (Å²) in [5, 5.41) is 0. The number of benzene rings is 2. The van der Waals surface area contributed by atoms with Crippen molar-refractivity contribution in [3.05, 3.63) is 71.8 Å². The van der Waals surface area contributed by atoms with Gasteiger partial charge in [0.2, 0.25) is 0 Å². The van der Waals surface area contributed by atoms with Gasteiger partial charge in [0.1, 0.15) is 0 Å². The average Bonchev–Trinajstić information content (AvgIpc) is 3.04. The molecule has 0 heterocycles. The molecule has 0 aliphatic heterocycles. The lowest BCUT2D eigenvalue weighted by Gasteiger charge is -2.33. The molecule has 0 spiro atoms. The Hall–Kier alpha value is -2.15. The number of carbonyl (C=O) groups excluding carboxylic acids is 1. The van der Waals surface area contributed by atoms with Crippen LogP contribution in [0.3, 0.4) is 0 Å². The van der Waals surface area contributed by atoms with Gasteiger partial charge in [-0.25, -0.2) is 0 Å². The summed E-state index contributed by atoms with van der Waals surface area (Å²) in [7, 11) is 0. The summed E-state index contributed by atoms with van der Waals surface area (Å²) in [5.41, 5.74) is 6.49. The summed E-state index contributed by atoms with van der Waals surface area (Å²) < 4.78 is 0. The number of unbranched alkanes of at least 4 members (excludes halogenated alkanes) is 6. The minimum absolute atomic E-state index is 0.0535. The zero-order valence-corrected chi connectivity index (χ0v) is 19.0. The van der Waals surface area contributed by atoms with Gasteiger partial charge in [0, 0.05) is 17.4 Å². The Kier molecular flexibility index (Phi) is 8.08. The van der Waals surface area contributed by atoms with Crippen LogP contribution in [0.25, 0.3) is 11.1 Å². The lowest BCUT2D eigenvalue weighted by Crippen LogP contribution is -2.26. The Labute approximate surface area is 183 Å². The molecule has 3 rings (SSSR count). The molecule has 0 fully saturated rings. The van der Waals surface area contributed by atoms with Crippen LogP contribution < -0.4 is 0 Å². The van der Waals surface area contributed by atoms with Gasteiger partial charge in [-0.3, -0.25) is 4.79 Å². The number of carbonyl (C=O) groups is 1. The van der Waals surface area contributed by atoms with E-state index < -0.39 is 0 Å². The molecule has 0 saturated heterocycles. The number of ketones is 1. The number of fused-ring (bicyclic) bond motifs is 3. The maximum Gasteiger partial charge on any atom is 0.166 e. The smallest absolute Gasteiger partial charge is 0.166 e. The van der Waals surface area contributed by atoms with Gasteiger partial charge in [-0.05, 0) is 41.2 Å². The summed E-state index contributed by atoms with van der Waals surface area (Å²) in [5.74, 6) is 0.176. The van der Waals surface area contributed by atoms with Crippen molar-refractivity contribution in [3.8, 4) is 11.1 Å². The highest BCUT2D eigenvalue weighted by atomic mass is 16.1. The molecule has 1 aliphatic rings. The molecule has 2 aromatic rings. The first kappa shape index (κ1) is 22.5. The Morgan fingerprint density at radius 2 is 1.47 bits per heavy atom. The second kappa shape index (κ2) is 10.8. The summed E-state index contributed by atoms with van der Waals surface area (Å²) >= 11 is 0. The van der Waals surface area contributed by atoms with E-state index in [1.807, 2.05) is 6.07 Å². The molecule has 0 amide bonds. The van der Waals surface area contributed by atoms with Crippen molar-refractivity contribution in [1.29, 1.82) is 0 Å². The van der Waals surface area contributed by atoms with Gasteiger partial charge in [-0.2, -0.15) is 0 Å². The van der Waals surface area contributed by atoms with Crippen LogP contribution in [0.4, 0.5) is 0 Å². The molecule has 2 aromatic carbocycles. The van der Waals surface area contributed by atoms with Crippen LogP contribution >= 0.6 is 0 Å². The molecule has 1 heteroatoms. The minimum Gasteiger partial charge on any atom is -0.294 e. The van der Waals surface area contributed by atoms with Crippen LogP contribution in [-0.4, -0.2) is 5.78 Å². The van der Waals surface area contributed by atoms with Gasteiger partial charge in [0.15, 0.2) is 5.78 Å². The van der Waals surface area contributed by atoms with Crippen LogP contribution in [0.5, 0.6) is 0 Å². The summed E-state index contributed by atoms with van der Waals surface area (Å²) in [6, 6.07) is 15.4. The second-order valence-corrected chi connectivity index (χ2v) is 8.93. The largest absolute Gasteiger partial charge is 0.294 e. The highest BCUT2D eigenvalue weighted by Gasteiger charge is 2.42. The SMILES string of the molecule is C=CCC(=O)c1ccc2c(c1)C(CCCCCC)(CCCCCC)c1ccccc1-2. The van der Waals surface area contributed by atoms with E-state index in [2.05, 4.69) is 56.8 Å². The molecule has 0 radical (unpaired) electrons. The van der Waals surface area contributed by atoms with Gasteiger partial charge in [0.25, 0.3) is 0 Å². The molecule has 0 aromatic heterocycles. The standard InChI is InChI=1S/C29H38O/c1-4-7-9-13-20-29(21-14-10-8-5-2)26-17-12-11-16-24(26)25-19-18-23(22-27(25)29)28(30)15-6-3/h6,11-12,16-19,22H,3-5,7-10,13-15,20-21H2,1-2H3. The predicted octanol–water partition coefficient (Wildman–Crippen LogP) is 8.65. The van der Waals surface area contributed by atoms with E-state index >= 15 is 0 Å². The molecule has 0 saturated carbocycles. The molecular weight excluding hydrogens is 364 g/mol. The third kappa shape index (κ3) is 4.61. The molecule has 0 bridgehead atoms. The number of hydrogen-bond acceptors (Lipinski definition) is 1. The van der Waals surface area contributed by atoms with E-state index in [9.17, 15) is 4.79 Å². The summed E-state index contributed by atoms with van der Waals surface area (Å²) in [4.78, 5) is 12.7. The molecule has 0 N–H and O–H groups in total. The lowest BCUT2D eigenvalue weighted by molar-refractivity contribution is 0.0996. The van der Waals surface area contributed by atoms with E-state index in [-0.39, 0.29) is 11.2 Å². The van der Waals surface area contributed by atoms with Crippen LogP contribution in [0, 0.1) is 0 Å². The quantitative estimate of drug-likeness (QED) is 0.186. The summed E-state index contributed by atoms with van der Waals surface area (Å²) in [6.07, 6.45) is 14.7. The lowest BCUT2D eigenvalue weighted by atomic mass is 9.70. The third-order valence-electron chi connectivity index (χ3n) is 6.83. The fourth-order valence-electron chi connectivity index (χ4n) is 5.25. The highest BCUT2D eigenvalue weighted by molar-refractivity contribution is 5.98. The van der Waals surface area contributed by atoms with Gasteiger partial charge >= 0.3 is 0 Å². The monoisotopic (exact) mass is 402 g/mol. The van der Waals surface area contributed by atoms with Crippen LogP contribution in [0.2, 0.25) is 0 Å². The Morgan fingerprint density at radius 3 is 2.10 bits per heavy atom. The first-order valence-corrected chi connectivity index (χ1v) is 12.1. The van der Waals surface area contributed by atoms with E-state index in [4.69, 9.17) is 0 Å². The molecule has 1 nitrogen and oxygen atoms in total. The number of hydrogen-bond donors (Lipinski definition) is 0. The van der Waals surface area contributed by atoms with Gasteiger partial charge in [0.05, 0.1) is 0 Å². The van der Waals surface area contributed by atoms with Gasteiger partial charge < -0.3 is 0 Å². The molecule has 160 valence electrons. The molecule has 1 aliphatic carbocycles. The number of allylic oxidation sites excluding steroid dienone is 1. The molecule has 0 atom stereocenters. The van der Waals surface area contributed by atoms with E-state index in [0.717, 1.165) is 5.56 Å². The van der Waals surface area contributed by atoms with E-state index in [1.54, 1.807) is 6.08 Å². The zero-order valence-electron chi connectivity index (χ0n) is 19.0. The molecule has 0 unspecified atom stereocenters. The first-order valence-electron chi connectivity index (χ1n) is 12.1. The summed E-state index contributed by atoms with van der Waals surface area (Å²) in [6.45, 7) is 8.31. The van der Waals surface area contributed by atoms with Crippen LogP contribution in [0.15, 0.2) is 55.1 Å². The zero-order chi connectivity index (χ0) is 21.4. The number of Topliss-reactive ketones (excluding diaryl/α,β-unsaturated/α-hetero) is 1. The van der Waals surface area contributed by atoms with Crippen LogP contribution in [0.1, 0.15) is 106 Å². The highest BCUT2D eigenvalue weighted by Crippen LogP contribution is 2.54. The van der Waals surface area contributed by atoms with Crippen molar-refractivity contribution in [2.75, 3.05) is 0 Å². The van der Waals surface area contributed by atoms with Crippen molar-refractivity contribution < 1.29 is 4.79 Å². The third-order valence-corrected chi connectivity index (χ3v) is 6.83. The fourth-order valence-corrected chi connectivity index (χ4v) is 5.25. The molecular formula is C29H38O. The van der Waals surface area contributed by atoms with Crippen molar-refractivity contribution in [2.24, 2.45) is 0 Å². The van der Waals surface area contributed by atoms with Crippen molar-refractivity contribution in [2.45, 2.75) is 89.9 Å². The Balaban J connectivity index is 2.04. The topological polar surface area (TPSA) is 17.1 Å². The van der Waals surface area contributed by atoms with Gasteiger partial charge in [-0.15, -0.1) is 6.58 Å². The number of rotatable bonds is 13. The van der Waals surface area contributed by atoms with E-state index in [0.29, 0.717) is 6.42 Å².